The quantitative estimate of drug-likeness (QED) is 0.865. The van der Waals surface area contributed by atoms with E-state index in [1.54, 1.807) is 6.20 Å². The van der Waals surface area contributed by atoms with Gasteiger partial charge in [-0.25, -0.2) is 0 Å². The van der Waals surface area contributed by atoms with E-state index >= 15 is 0 Å². The van der Waals surface area contributed by atoms with Crippen LogP contribution in [0.5, 0.6) is 5.75 Å². The van der Waals surface area contributed by atoms with Crippen LogP contribution >= 0.6 is 0 Å². The fourth-order valence-corrected chi connectivity index (χ4v) is 2.19. The first-order chi connectivity index (χ1) is 8.81. The van der Waals surface area contributed by atoms with Crippen LogP contribution in [-0.2, 0) is 17.6 Å². The summed E-state index contributed by atoms with van der Waals surface area (Å²) < 4.78 is 5.61. The monoisotopic (exact) mass is 248 g/mol. The van der Waals surface area contributed by atoms with Crippen molar-refractivity contribution in [1.29, 1.82) is 0 Å². The molecule has 0 bridgehead atoms. The number of fused-ring (bicyclic) bond motifs is 1. The maximum atomic E-state index is 11.5. The van der Waals surface area contributed by atoms with Crippen molar-refractivity contribution in [3.63, 3.8) is 0 Å². The Bertz CT molecular complexity index is 418. The minimum atomic E-state index is -0.0572. The summed E-state index contributed by atoms with van der Waals surface area (Å²) >= 11 is 0. The van der Waals surface area contributed by atoms with Gasteiger partial charge in [0, 0.05) is 24.0 Å². The van der Waals surface area contributed by atoms with E-state index in [1.165, 1.54) is 18.4 Å². The number of hydrogen-bond donors (Lipinski definition) is 1. The molecule has 0 saturated heterocycles. The Morgan fingerprint density at radius 2 is 2.28 bits per heavy atom. The molecule has 1 aliphatic carbocycles. The van der Waals surface area contributed by atoms with Crippen molar-refractivity contribution in [2.24, 2.45) is 0 Å². The number of carbonyl (C=O) groups excluding carboxylic acids is 1. The van der Waals surface area contributed by atoms with Crippen LogP contribution in [0.3, 0.4) is 0 Å². The number of hydrogen-bond acceptors (Lipinski definition) is 3. The average molecular weight is 248 g/mol. The first-order valence-electron chi connectivity index (χ1n) is 6.67. The zero-order chi connectivity index (χ0) is 12.8. The van der Waals surface area contributed by atoms with Gasteiger partial charge in [0.15, 0.2) is 6.61 Å². The highest BCUT2D eigenvalue weighted by atomic mass is 16.5. The molecule has 0 fully saturated rings. The topological polar surface area (TPSA) is 51.2 Å². The third-order valence-electron chi connectivity index (χ3n) is 3.12. The van der Waals surface area contributed by atoms with Crippen molar-refractivity contribution in [3.05, 3.63) is 23.5 Å². The Kier molecular flexibility index (Phi) is 4.56. The van der Waals surface area contributed by atoms with Crippen LogP contribution < -0.4 is 10.1 Å². The van der Waals surface area contributed by atoms with Gasteiger partial charge in [-0.3, -0.25) is 9.78 Å². The lowest BCUT2D eigenvalue weighted by atomic mass is 9.95. The van der Waals surface area contributed by atoms with Crippen molar-refractivity contribution >= 4 is 5.91 Å². The summed E-state index contributed by atoms with van der Waals surface area (Å²) in [6.07, 6.45) is 7.11. The fourth-order valence-electron chi connectivity index (χ4n) is 2.19. The van der Waals surface area contributed by atoms with Crippen molar-refractivity contribution in [2.75, 3.05) is 13.2 Å². The number of nitrogens with zero attached hydrogens (tertiary/aromatic N) is 1. The summed E-state index contributed by atoms with van der Waals surface area (Å²) in [5.74, 6) is 0.768. The Morgan fingerprint density at radius 3 is 3.11 bits per heavy atom. The van der Waals surface area contributed by atoms with Gasteiger partial charge < -0.3 is 10.1 Å². The molecule has 0 atom stereocenters. The highest BCUT2D eigenvalue weighted by Gasteiger charge is 2.15. The predicted octanol–water partition coefficient (Wildman–Crippen LogP) is 1.87. The van der Waals surface area contributed by atoms with E-state index in [0.717, 1.165) is 30.7 Å². The third kappa shape index (κ3) is 3.22. The molecule has 1 aliphatic rings. The molecule has 98 valence electrons. The second kappa shape index (κ2) is 6.38. The lowest BCUT2D eigenvalue weighted by molar-refractivity contribution is -0.123. The van der Waals surface area contributed by atoms with E-state index in [-0.39, 0.29) is 12.5 Å². The molecule has 0 aromatic carbocycles. The molecule has 0 spiro atoms. The smallest absolute Gasteiger partial charge is 0.257 e. The minimum absolute atomic E-state index is 0.0572. The molecule has 0 radical (unpaired) electrons. The lowest BCUT2D eigenvalue weighted by Crippen LogP contribution is -2.29. The Morgan fingerprint density at radius 1 is 1.44 bits per heavy atom. The number of aromatic nitrogens is 1. The molecule has 1 amide bonds. The molecular weight excluding hydrogens is 228 g/mol. The Hall–Kier alpha value is -1.58. The standard InChI is InChI=1S/C14H20N2O2/c1-2-8-16-14(17)10-18-13-7-9-15-12-6-4-3-5-11(12)13/h7,9H,2-6,8,10H2,1H3,(H,16,17). The van der Waals surface area contributed by atoms with Crippen LogP contribution in [0.15, 0.2) is 12.3 Å². The van der Waals surface area contributed by atoms with E-state index in [1.807, 2.05) is 13.0 Å². The van der Waals surface area contributed by atoms with Crippen LogP contribution in [0.25, 0.3) is 0 Å². The van der Waals surface area contributed by atoms with E-state index in [0.29, 0.717) is 6.54 Å². The summed E-state index contributed by atoms with van der Waals surface area (Å²) in [4.78, 5) is 15.9. The van der Waals surface area contributed by atoms with Crippen LogP contribution in [0, 0.1) is 0 Å². The minimum Gasteiger partial charge on any atom is -0.483 e. The van der Waals surface area contributed by atoms with Gasteiger partial charge in [0.2, 0.25) is 0 Å². The van der Waals surface area contributed by atoms with Gasteiger partial charge in [-0.05, 0) is 38.2 Å². The van der Waals surface area contributed by atoms with Crippen LogP contribution in [0.2, 0.25) is 0 Å². The molecule has 4 nitrogen and oxygen atoms in total. The molecule has 4 heteroatoms. The normalized spacial score (nSPS) is 13.8. The van der Waals surface area contributed by atoms with E-state index in [2.05, 4.69) is 10.3 Å². The molecule has 2 rings (SSSR count). The lowest BCUT2D eigenvalue weighted by Gasteiger charge is -2.18. The second-order valence-corrected chi connectivity index (χ2v) is 4.58. The van der Waals surface area contributed by atoms with E-state index in [4.69, 9.17) is 4.74 Å². The number of amides is 1. The molecule has 1 N–H and O–H groups in total. The van der Waals surface area contributed by atoms with Crippen LogP contribution in [0.4, 0.5) is 0 Å². The van der Waals surface area contributed by atoms with Gasteiger partial charge in [0.25, 0.3) is 5.91 Å². The van der Waals surface area contributed by atoms with Crippen molar-refractivity contribution in [2.45, 2.75) is 39.0 Å². The van der Waals surface area contributed by atoms with Crippen molar-refractivity contribution < 1.29 is 9.53 Å². The molecule has 1 aromatic heterocycles. The first kappa shape index (κ1) is 12.9. The molecule has 0 aliphatic heterocycles. The van der Waals surface area contributed by atoms with Crippen molar-refractivity contribution in [1.82, 2.24) is 10.3 Å². The van der Waals surface area contributed by atoms with Gasteiger partial charge in [-0.1, -0.05) is 6.92 Å². The van der Waals surface area contributed by atoms with Gasteiger partial charge in [-0.15, -0.1) is 0 Å². The Balaban J connectivity index is 1.95. The Labute approximate surface area is 108 Å². The van der Waals surface area contributed by atoms with Crippen LogP contribution in [-0.4, -0.2) is 24.0 Å². The summed E-state index contributed by atoms with van der Waals surface area (Å²) in [5.41, 5.74) is 2.32. The number of nitrogens with one attached hydrogen (secondary N) is 1. The highest BCUT2D eigenvalue weighted by molar-refractivity contribution is 5.77. The zero-order valence-electron chi connectivity index (χ0n) is 10.9. The fraction of sp³-hybridized carbons (Fsp3) is 0.571. The van der Waals surface area contributed by atoms with E-state index in [9.17, 15) is 4.79 Å². The SMILES string of the molecule is CCCNC(=O)COc1ccnc2c1CCCC2. The number of pyridine rings is 1. The summed E-state index contributed by atoms with van der Waals surface area (Å²) in [7, 11) is 0. The summed E-state index contributed by atoms with van der Waals surface area (Å²) in [6.45, 7) is 2.83. The van der Waals surface area contributed by atoms with E-state index < -0.39 is 0 Å². The number of carbonyl (C=O) groups is 1. The van der Waals surface area contributed by atoms with Gasteiger partial charge >= 0.3 is 0 Å². The molecule has 0 unspecified atom stereocenters. The molecule has 1 heterocycles. The average Bonchev–Trinajstić information content (AvgIpc) is 2.42. The van der Waals surface area contributed by atoms with Gasteiger partial charge in [0.05, 0.1) is 0 Å². The maximum absolute atomic E-state index is 11.5. The van der Waals surface area contributed by atoms with Gasteiger partial charge in [0.1, 0.15) is 5.75 Å². The second-order valence-electron chi connectivity index (χ2n) is 4.58. The molecule has 18 heavy (non-hydrogen) atoms. The van der Waals surface area contributed by atoms with Crippen LogP contribution in [0.1, 0.15) is 37.4 Å². The number of rotatable bonds is 5. The molecule has 1 aromatic rings. The number of ether oxygens (including phenoxy) is 1. The van der Waals surface area contributed by atoms with Gasteiger partial charge in [-0.2, -0.15) is 0 Å². The zero-order valence-corrected chi connectivity index (χ0v) is 10.9. The summed E-state index contributed by atoms with van der Waals surface area (Å²) in [5, 5.41) is 2.80. The largest absolute Gasteiger partial charge is 0.483 e. The molecule has 0 saturated carbocycles. The summed E-state index contributed by atoms with van der Waals surface area (Å²) in [6, 6.07) is 1.86. The maximum Gasteiger partial charge on any atom is 0.257 e. The predicted molar refractivity (Wildman–Crippen MR) is 69.7 cm³/mol. The first-order valence-corrected chi connectivity index (χ1v) is 6.67. The molecular formula is C14H20N2O2. The van der Waals surface area contributed by atoms with Crippen molar-refractivity contribution in [3.8, 4) is 5.75 Å². The highest BCUT2D eigenvalue weighted by Crippen LogP contribution is 2.27. The number of aryl methyl sites for hydroxylation is 1. The third-order valence-corrected chi connectivity index (χ3v) is 3.12.